The molecule has 7 aromatic carbocycles. The molecular weight excluding hydrogens is 725 g/mol. The zero-order valence-corrected chi connectivity index (χ0v) is 32.3. The van der Waals surface area contributed by atoms with E-state index in [4.69, 9.17) is 9.40 Å². The molecule has 272 valence electrons. The number of pyridine rings is 2. The van der Waals surface area contributed by atoms with Crippen molar-refractivity contribution in [2.24, 2.45) is 0 Å². The van der Waals surface area contributed by atoms with Crippen molar-refractivity contribution in [2.75, 3.05) is 0 Å². The van der Waals surface area contributed by atoms with Crippen LogP contribution in [-0.2, 0) is 0 Å². The molecule has 0 aliphatic carbocycles. The van der Waals surface area contributed by atoms with Crippen LogP contribution in [-0.4, -0.2) is 27.2 Å². The van der Waals surface area contributed by atoms with Gasteiger partial charge in [-0.15, -0.1) is 0 Å². The van der Waals surface area contributed by atoms with Gasteiger partial charge in [-0.1, -0.05) is 140 Å². The lowest BCUT2D eigenvalue weighted by Crippen LogP contribution is -2.75. The van der Waals surface area contributed by atoms with Gasteiger partial charge in [-0.3, -0.25) is 9.55 Å². The van der Waals surface area contributed by atoms with Gasteiger partial charge in [-0.25, -0.2) is 4.98 Å². The molecule has 12 aromatic rings. The van der Waals surface area contributed by atoms with E-state index in [0.717, 1.165) is 77.0 Å². The van der Waals surface area contributed by atoms with Crippen LogP contribution in [0.5, 0.6) is 0 Å². The minimum absolute atomic E-state index is 0.879. The van der Waals surface area contributed by atoms with Gasteiger partial charge in [0.1, 0.15) is 11.4 Å². The maximum atomic E-state index is 6.74. The van der Waals surface area contributed by atoms with Gasteiger partial charge in [0.25, 0.3) is 0 Å². The summed E-state index contributed by atoms with van der Waals surface area (Å²) in [5, 5.41) is 11.7. The molecule has 0 bridgehead atoms. The van der Waals surface area contributed by atoms with Crippen molar-refractivity contribution in [3.63, 3.8) is 0 Å². The summed E-state index contributed by atoms with van der Waals surface area (Å²) in [6, 6.07) is 70.0. The highest BCUT2D eigenvalue weighted by atomic mass is 28.3. The van der Waals surface area contributed by atoms with Crippen LogP contribution in [0.4, 0.5) is 0 Å². The third kappa shape index (κ3) is 4.63. The van der Waals surface area contributed by atoms with Crippen molar-refractivity contribution < 1.29 is 4.42 Å². The van der Waals surface area contributed by atoms with Crippen molar-refractivity contribution in [2.45, 2.75) is 0 Å². The molecule has 0 radical (unpaired) electrons. The molecule has 58 heavy (non-hydrogen) atoms. The van der Waals surface area contributed by atoms with E-state index in [1.807, 2.05) is 18.5 Å². The van der Waals surface area contributed by atoms with Crippen molar-refractivity contribution in [3.05, 3.63) is 207 Å². The number of hydrogen-bond donors (Lipinski definition) is 0. The van der Waals surface area contributed by atoms with Crippen LogP contribution in [0, 0.1) is 0 Å². The summed E-state index contributed by atoms with van der Waals surface area (Å²) in [6.45, 7) is 0. The van der Waals surface area contributed by atoms with E-state index in [-0.39, 0.29) is 0 Å². The number of aromatic nitrogens is 4. The van der Waals surface area contributed by atoms with Crippen molar-refractivity contribution >= 4 is 94.5 Å². The van der Waals surface area contributed by atoms with E-state index >= 15 is 0 Å². The minimum Gasteiger partial charge on any atom is -0.454 e. The number of fused-ring (bicyclic) bond motifs is 10. The third-order valence-corrected chi connectivity index (χ3v) is 16.6. The van der Waals surface area contributed by atoms with E-state index in [1.165, 1.54) is 20.9 Å². The molecule has 0 spiro atoms. The number of rotatable bonds is 6. The first kappa shape index (κ1) is 32.7. The zero-order chi connectivity index (χ0) is 38.2. The molecule has 0 unspecified atom stereocenters. The van der Waals surface area contributed by atoms with Gasteiger partial charge in [-0.2, -0.15) is 0 Å². The molecule has 5 heterocycles. The van der Waals surface area contributed by atoms with E-state index in [2.05, 4.69) is 202 Å². The fraction of sp³-hybridized carbons (Fsp3) is 0. The summed E-state index contributed by atoms with van der Waals surface area (Å²) in [7, 11) is -3.11. The van der Waals surface area contributed by atoms with Crippen LogP contribution in [0.15, 0.2) is 211 Å². The van der Waals surface area contributed by atoms with Gasteiger partial charge in [0, 0.05) is 55.7 Å². The lowest BCUT2D eigenvalue weighted by Gasteiger charge is -2.34. The second-order valence-corrected chi connectivity index (χ2v) is 18.7. The SMILES string of the molecule is c1ccc([Si](c2ccccc2)(c2cccc(-n3c4ccccc4c4ccc5c6ccccc6oc5c43)c2)c2cccc(-n3c4ccccc4c4cnccc43)n2)cc1. The van der Waals surface area contributed by atoms with Crippen molar-refractivity contribution in [3.8, 4) is 11.5 Å². The van der Waals surface area contributed by atoms with Gasteiger partial charge in [-0.05, 0) is 70.2 Å². The Bertz CT molecular complexity index is 3440. The fourth-order valence-electron chi connectivity index (χ4n) is 9.52. The topological polar surface area (TPSA) is 48.8 Å². The lowest BCUT2D eigenvalue weighted by atomic mass is 10.1. The van der Waals surface area contributed by atoms with Crippen LogP contribution in [0.25, 0.3) is 77.1 Å². The maximum Gasteiger partial charge on any atom is 0.202 e. The molecule has 6 heteroatoms. The molecule has 0 saturated carbocycles. The highest BCUT2D eigenvalue weighted by Crippen LogP contribution is 2.40. The van der Waals surface area contributed by atoms with Gasteiger partial charge >= 0.3 is 0 Å². The predicted octanol–water partition coefficient (Wildman–Crippen LogP) is 9.95. The molecule has 0 amide bonds. The average Bonchev–Trinajstić information content (AvgIpc) is 3.96. The van der Waals surface area contributed by atoms with Gasteiger partial charge in [0.15, 0.2) is 5.58 Å². The molecule has 0 atom stereocenters. The third-order valence-electron chi connectivity index (χ3n) is 12.0. The van der Waals surface area contributed by atoms with Crippen LogP contribution in [0.2, 0.25) is 0 Å². The highest BCUT2D eigenvalue weighted by molar-refractivity contribution is 7.19. The first-order valence-electron chi connectivity index (χ1n) is 19.7. The maximum absolute atomic E-state index is 6.74. The van der Waals surface area contributed by atoms with E-state index in [0.29, 0.717) is 0 Å². The molecule has 12 rings (SSSR count). The summed E-state index contributed by atoms with van der Waals surface area (Å²) in [4.78, 5) is 10.3. The summed E-state index contributed by atoms with van der Waals surface area (Å²) >= 11 is 0. The van der Waals surface area contributed by atoms with Gasteiger partial charge in [0.05, 0.1) is 22.1 Å². The number of nitrogens with zero attached hydrogens (tertiary/aromatic N) is 4. The first-order chi connectivity index (χ1) is 28.8. The van der Waals surface area contributed by atoms with E-state index < -0.39 is 8.07 Å². The first-order valence-corrected chi connectivity index (χ1v) is 21.7. The molecule has 5 nitrogen and oxygen atoms in total. The number of benzene rings is 7. The zero-order valence-electron chi connectivity index (χ0n) is 31.3. The summed E-state index contributed by atoms with van der Waals surface area (Å²) in [5.41, 5.74) is 7.25. The Morgan fingerprint density at radius 3 is 1.81 bits per heavy atom. The molecular formula is C52H34N4OSi. The summed E-state index contributed by atoms with van der Waals surface area (Å²) in [5.74, 6) is 0.879. The second-order valence-electron chi connectivity index (χ2n) is 14.9. The highest BCUT2D eigenvalue weighted by Gasteiger charge is 2.43. The Balaban J connectivity index is 1.17. The van der Waals surface area contributed by atoms with Crippen molar-refractivity contribution in [1.29, 1.82) is 0 Å². The lowest BCUT2D eigenvalue weighted by molar-refractivity contribution is 0.671. The summed E-state index contributed by atoms with van der Waals surface area (Å²) in [6.07, 6.45) is 3.83. The average molecular weight is 759 g/mol. The fourth-order valence-corrected chi connectivity index (χ4v) is 14.1. The molecule has 5 aromatic heterocycles. The smallest absolute Gasteiger partial charge is 0.202 e. The molecule has 0 N–H and O–H groups in total. The van der Waals surface area contributed by atoms with E-state index in [9.17, 15) is 0 Å². The standard InChI is InChI=1S/C52H34N4OSi/c1-3-16-36(17-4-1)58(37-18-5-2-6-19-37,50-28-14-27-49(54-50)56-46-25-11-8-22-40(46)44-34-53-32-31-47(44)56)38-20-13-15-35(33-38)55-45-24-10-7-21-39(45)42-29-30-43-41-23-9-12-26-48(41)57-52(43)51(42)55/h1-34H. The largest absolute Gasteiger partial charge is 0.454 e. The van der Waals surface area contributed by atoms with Crippen molar-refractivity contribution in [1.82, 2.24) is 19.1 Å². The monoisotopic (exact) mass is 758 g/mol. The quantitative estimate of drug-likeness (QED) is 0.125. The second kappa shape index (κ2) is 12.7. The minimum atomic E-state index is -3.11. The van der Waals surface area contributed by atoms with Gasteiger partial charge in [0.2, 0.25) is 8.07 Å². The van der Waals surface area contributed by atoms with Crippen LogP contribution in [0.1, 0.15) is 0 Å². The Kier molecular flexibility index (Phi) is 7.18. The van der Waals surface area contributed by atoms with Crippen LogP contribution < -0.4 is 20.9 Å². The molecule has 0 aliphatic heterocycles. The number of para-hydroxylation sites is 3. The van der Waals surface area contributed by atoms with Crippen LogP contribution >= 0.6 is 0 Å². The Morgan fingerprint density at radius 2 is 1.03 bits per heavy atom. The predicted molar refractivity (Wildman–Crippen MR) is 242 cm³/mol. The Hall–Kier alpha value is -7.54. The van der Waals surface area contributed by atoms with Crippen LogP contribution in [0.3, 0.4) is 0 Å². The number of hydrogen-bond acceptors (Lipinski definition) is 3. The Morgan fingerprint density at radius 1 is 0.431 bits per heavy atom. The normalized spacial score (nSPS) is 12.1. The van der Waals surface area contributed by atoms with E-state index in [1.54, 1.807) is 0 Å². The number of furan rings is 1. The molecule has 0 saturated heterocycles. The summed E-state index contributed by atoms with van der Waals surface area (Å²) < 4.78 is 11.4. The molecule has 0 aliphatic rings. The Labute approximate surface area is 334 Å². The van der Waals surface area contributed by atoms with Gasteiger partial charge < -0.3 is 8.98 Å². The molecule has 0 fully saturated rings.